The van der Waals surface area contributed by atoms with Crippen LogP contribution in [0.5, 0.6) is 0 Å². The van der Waals surface area contributed by atoms with E-state index in [0.717, 1.165) is 0 Å². The molecule has 0 spiro atoms. The van der Waals surface area contributed by atoms with E-state index in [9.17, 15) is 4.79 Å². The fraction of sp³-hybridized carbons (Fsp3) is 0.286. The molecular weight excluding hydrogens is 172 g/mol. The van der Waals surface area contributed by atoms with E-state index in [1.165, 1.54) is 13.1 Å². The van der Waals surface area contributed by atoms with Crippen molar-refractivity contribution in [1.82, 2.24) is 9.71 Å². The van der Waals surface area contributed by atoms with Gasteiger partial charge in [-0.2, -0.15) is 0 Å². The van der Waals surface area contributed by atoms with Crippen molar-refractivity contribution in [2.75, 3.05) is 5.73 Å². The minimum Gasteiger partial charge on any atom is -0.423 e. The van der Waals surface area contributed by atoms with Crippen LogP contribution in [0.4, 0.5) is 5.82 Å². The first-order valence-electron chi connectivity index (χ1n) is 3.62. The second-order valence-corrected chi connectivity index (χ2v) is 2.68. The number of nitrogens with two attached hydrogens (primary N) is 1. The fourth-order valence-electron chi connectivity index (χ4n) is 0.914. The Morgan fingerprint density at radius 2 is 2.46 bits per heavy atom. The van der Waals surface area contributed by atoms with Crippen LogP contribution in [0.25, 0.3) is 0 Å². The van der Waals surface area contributed by atoms with Crippen LogP contribution in [0.3, 0.4) is 0 Å². The highest BCUT2D eigenvalue weighted by atomic mass is 16.5. The summed E-state index contributed by atoms with van der Waals surface area (Å²) in [5.41, 5.74) is 5.50. The van der Waals surface area contributed by atoms with Gasteiger partial charge < -0.3 is 10.9 Å². The molecule has 70 valence electrons. The number of hydrogen-bond acceptors (Lipinski definition) is 5. The summed E-state index contributed by atoms with van der Waals surface area (Å²) in [6.45, 7) is 1.41. The van der Waals surface area contributed by atoms with Gasteiger partial charge in [0.25, 0.3) is 5.62 Å². The first-order valence-corrected chi connectivity index (χ1v) is 3.62. The highest BCUT2D eigenvalue weighted by Gasteiger charge is 2.06. The molecule has 0 unspecified atom stereocenters. The predicted octanol–water partition coefficient (Wildman–Crippen LogP) is -0.686. The summed E-state index contributed by atoms with van der Waals surface area (Å²) in [7, 11) is 0. The van der Waals surface area contributed by atoms with Gasteiger partial charge in [0.15, 0.2) is 0 Å². The lowest BCUT2D eigenvalue weighted by atomic mass is 10.2. The lowest BCUT2D eigenvalue weighted by Crippen LogP contribution is -2.25. The Morgan fingerprint density at radius 3 is 3.00 bits per heavy atom. The zero-order chi connectivity index (χ0) is 10.0. The van der Waals surface area contributed by atoms with Crippen molar-refractivity contribution in [3.8, 4) is 0 Å². The number of nitrogen functional groups attached to an aromatic ring is 1. The lowest BCUT2D eigenvalue weighted by molar-refractivity contribution is -0.116. The first kappa shape index (κ1) is 9.24. The zero-order valence-corrected chi connectivity index (χ0v) is 7.11. The van der Waals surface area contributed by atoms with E-state index in [0.29, 0.717) is 10.3 Å². The molecule has 0 fully saturated rings. The molecule has 0 aliphatic rings. The number of anilines is 1. The second kappa shape index (κ2) is 3.26. The number of ketones is 1. The van der Waals surface area contributed by atoms with Crippen molar-refractivity contribution in [1.29, 1.82) is 5.41 Å². The van der Waals surface area contributed by atoms with Crippen LogP contribution < -0.4 is 11.4 Å². The van der Waals surface area contributed by atoms with Crippen LogP contribution in [0.1, 0.15) is 12.5 Å². The van der Waals surface area contributed by atoms with Gasteiger partial charge in [-0.05, 0) is 6.92 Å². The summed E-state index contributed by atoms with van der Waals surface area (Å²) in [4.78, 5) is 14.3. The van der Waals surface area contributed by atoms with Crippen LogP contribution in [0.15, 0.2) is 6.20 Å². The van der Waals surface area contributed by atoms with Gasteiger partial charge >= 0.3 is 0 Å². The summed E-state index contributed by atoms with van der Waals surface area (Å²) in [5, 5.41) is 16.2. The Balaban J connectivity index is 3.18. The van der Waals surface area contributed by atoms with Crippen molar-refractivity contribution in [3.05, 3.63) is 17.4 Å². The van der Waals surface area contributed by atoms with Gasteiger partial charge in [0.05, 0.1) is 0 Å². The molecule has 0 saturated heterocycles. The summed E-state index contributed by atoms with van der Waals surface area (Å²) in [6, 6.07) is 0. The predicted molar refractivity (Wildman–Crippen MR) is 44.1 cm³/mol. The van der Waals surface area contributed by atoms with Crippen LogP contribution >= 0.6 is 0 Å². The molecule has 1 aromatic rings. The smallest absolute Gasteiger partial charge is 0.257 e. The van der Waals surface area contributed by atoms with Crippen molar-refractivity contribution < 1.29 is 10.0 Å². The van der Waals surface area contributed by atoms with Gasteiger partial charge in [-0.15, -0.1) is 4.73 Å². The Bertz CT molecular complexity index is 396. The van der Waals surface area contributed by atoms with Gasteiger partial charge in [-0.25, -0.2) is 4.98 Å². The van der Waals surface area contributed by atoms with E-state index in [-0.39, 0.29) is 23.6 Å². The SMILES string of the molecule is CC(=O)Cc1cnc(=N)n(O)c1N. The molecule has 13 heavy (non-hydrogen) atoms. The normalized spacial score (nSPS) is 9.92. The van der Waals surface area contributed by atoms with E-state index in [1.807, 2.05) is 0 Å². The van der Waals surface area contributed by atoms with E-state index in [4.69, 9.17) is 16.4 Å². The Kier molecular flexibility index (Phi) is 2.32. The molecule has 1 heterocycles. The van der Waals surface area contributed by atoms with E-state index < -0.39 is 0 Å². The van der Waals surface area contributed by atoms with Crippen molar-refractivity contribution in [2.24, 2.45) is 0 Å². The lowest BCUT2D eigenvalue weighted by Gasteiger charge is -2.05. The maximum atomic E-state index is 10.7. The summed E-state index contributed by atoms with van der Waals surface area (Å²) in [5.74, 6) is -0.0959. The van der Waals surface area contributed by atoms with Gasteiger partial charge in [-0.3, -0.25) is 10.2 Å². The zero-order valence-electron chi connectivity index (χ0n) is 7.11. The number of nitrogens with one attached hydrogen (secondary N) is 1. The quantitative estimate of drug-likeness (QED) is 0.526. The molecule has 1 aromatic heterocycles. The van der Waals surface area contributed by atoms with Crippen molar-refractivity contribution in [2.45, 2.75) is 13.3 Å². The fourth-order valence-corrected chi connectivity index (χ4v) is 0.914. The molecule has 0 aromatic carbocycles. The third-order valence-electron chi connectivity index (χ3n) is 1.54. The van der Waals surface area contributed by atoms with E-state index in [1.54, 1.807) is 0 Å². The van der Waals surface area contributed by atoms with Crippen LogP contribution in [0.2, 0.25) is 0 Å². The number of nitrogens with zero attached hydrogens (tertiary/aromatic N) is 2. The third-order valence-corrected chi connectivity index (χ3v) is 1.54. The second-order valence-electron chi connectivity index (χ2n) is 2.68. The summed E-state index contributed by atoms with van der Waals surface area (Å²) >= 11 is 0. The number of Topliss-reactive ketones (excluding diaryl/α,β-unsaturated/α-hetero) is 1. The number of hydrogen-bond donors (Lipinski definition) is 3. The van der Waals surface area contributed by atoms with Crippen molar-refractivity contribution in [3.63, 3.8) is 0 Å². The van der Waals surface area contributed by atoms with Crippen molar-refractivity contribution >= 4 is 11.6 Å². The number of carbonyl (C=O) groups excluding carboxylic acids is 1. The Labute approximate surface area is 74.1 Å². The van der Waals surface area contributed by atoms with Crippen LogP contribution in [0, 0.1) is 5.41 Å². The largest absolute Gasteiger partial charge is 0.423 e. The van der Waals surface area contributed by atoms with Gasteiger partial charge in [0.1, 0.15) is 11.6 Å². The van der Waals surface area contributed by atoms with Crippen LogP contribution in [-0.4, -0.2) is 20.7 Å². The van der Waals surface area contributed by atoms with E-state index >= 15 is 0 Å². The topological polar surface area (TPSA) is 105 Å². The summed E-state index contributed by atoms with van der Waals surface area (Å²) in [6.07, 6.45) is 1.42. The Hall–Kier alpha value is -1.85. The maximum Gasteiger partial charge on any atom is 0.257 e. The van der Waals surface area contributed by atoms with Gasteiger partial charge in [-0.1, -0.05) is 0 Å². The molecule has 0 saturated carbocycles. The molecule has 4 N–H and O–H groups in total. The molecule has 6 nitrogen and oxygen atoms in total. The Morgan fingerprint density at radius 1 is 1.85 bits per heavy atom. The molecule has 0 bridgehead atoms. The molecule has 0 radical (unpaired) electrons. The third kappa shape index (κ3) is 1.84. The van der Waals surface area contributed by atoms with Gasteiger partial charge in [0.2, 0.25) is 0 Å². The van der Waals surface area contributed by atoms with Crippen LogP contribution in [-0.2, 0) is 11.2 Å². The maximum absolute atomic E-state index is 10.7. The molecular formula is C7H10N4O2. The van der Waals surface area contributed by atoms with E-state index in [2.05, 4.69) is 4.98 Å². The number of aromatic nitrogens is 2. The molecule has 0 atom stereocenters. The monoisotopic (exact) mass is 182 g/mol. The standard InChI is InChI=1S/C7H10N4O2/c1-4(12)2-5-3-10-7(9)11(13)6(5)8/h3,9,13H,2,8H2,1H3. The highest BCUT2D eigenvalue weighted by molar-refractivity contribution is 5.79. The number of rotatable bonds is 2. The molecule has 1 rings (SSSR count). The average molecular weight is 182 g/mol. The van der Waals surface area contributed by atoms with Gasteiger partial charge in [0, 0.05) is 18.2 Å². The average Bonchev–Trinajstić information content (AvgIpc) is 2.06. The number of carbonyl (C=O) groups is 1. The first-order chi connectivity index (χ1) is 6.02. The molecule has 0 aliphatic carbocycles. The molecule has 0 amide bonds. The highest BCUT2D eigenvalue weighted by Crippen LogP contribution is 2.06. The molecule has 6 heteroatoms. The molecule has 0 aliphatic heterocycles. The summed E-state index contributed by atoms with van der Waals surface area (Å²) < 4.78 is 0.443. The minimum atomic E-state index is -0.357. The minimum absolute atomic E-state index is 0.0183.